The number of carbonyl (C=O) groups excluding carboxylic acids is 3. The topological polar surface area (TPSA) is 189 Å². The molecule has 0 aliphatic heterocycles. The first-order valence-corrected chi connectivity index (χ1v) is 13.9. The number of nitrogens with two attached hydrogens (primary N) is 1. The van der Waals surface area contributed by atoms with Crippen molar-refractivity contribution in [3.8, 4) is 0 Å². The number of hydrogen-bond donors (Lipinski definition) is 5. The Morgan fingerprint density at radius 2 is 1.68 bits per heavy atom. The predicted molar refractivity (Wildman–Crippen MR) is 150 cm³/mol. The molecule has 0 radical (unpaired) electrons. The summed E-state index contributed by atoms with van der Waals surface area (Å²) in [5.41, 5.74) is 6.56. The average molecular weight is 574 g/mol. The molecule has 0 unspecified atom stereocenters. The molecule has 2 aromatic carbocycles. The van der Waals surface area contributed by atoms with Crippen LogP contribution in [0.15, 0.2) is 71.9 Å². The van der Waals surface area contributed by atoms with Crippen molar-refractivity contribution in [1.29, 1.82) is 0 Å². The first kappa shape index (κ1) is 32.1. The van der Waals surface area contributed by atoms with E-state index in [9.17, 15) is 27.9 Å². The van der Waals surface area contributed by atoms with Crippen LogP contribution in [0.4, 0.5) is 5.69 Å². The minimum absolute atomic E-state index is 0.0816. The molecule has 0 aliphatic carbocycles. The monoisotopic (exact) mass is 573 g/mol. The Morgan fingerprint density at radius 1 is 1.05 bits per heavy atom. The van der Waals surface area contributed by atoms with Gasteiger partial charge in [0.25, 0.3) is 5.91 Å². The molecule has 0 aromatic heterocycles. The van der Waals surface area contributed by atoms with Gasteiger partial charge in [0, 0.05) is 6.54 Å². The average Bonchev–Trinajstić information content (AvgIpc) is 2.85. The highest BCUT2D eigenvalue weighted by Gasteiger charge is 2.25. The van der Waals surface area contributed by atoms with Crippen molar-refractivity contribution in [2.45, 2.75) is 51.1 Å². The van der Waals surface area contributed by atoms with E-state index in [1.54, 1.807) is 75.4 Å². The minimum Gasteiger partial charge on any atom is -0.460 e. The molecule has 0 aliphatic rings. The molecule has 0 saturated heterocycles. The maximum absolute atomic E-state index is 12.5. The third-order valence-corrected chi connectivity index (χ3v) is 6.33. The Labute approximate surface area is 233 Å². The van der Waals surface area contributed by atoms with Gasteiger partial charge in [0.05, 0.1) is 23.7 Å². The van der Waals surface area contributed by atoms with Crippen molar-refractivity contribution in [3.63, 3.8) is 0 Å². The summed E-state index contributed by atoms with van der Waals surface area (Å²) in [6.45, 7) is 8.02. The van der Waals surface area contributed by atoms with Crippen LogP contribution in [0.2, 0.25) is 0 Å². The number of sulfonamides is 1. The number of hydrogen-bond acceptors (Lipinski definition) is 8. The number of esters is 1. The number of nitrogens with one attached hydrogen (secondary N) is 3. The number of ether oxygens (including phenoxy) is 1. The largest absolute Gasteiger partial charge is 0.460 e. The minimum atomic E-state index is -3.96. The molecule has 0 spiro atoms. The first-order valence-electron chi connectivity index (χ1n) is 12.2. The molecular weight excluding hydrogens is 538 g/mol. The molecule has 40 heavy (non-hydrogen) atoms. The van der Waals surface area contributed by atoms with Gasteiger partial charge >= 0.3 is 5.97 Å². The summed E-state index contributed by atoms with van der Waals surface area (Å²) < 4.78 is 32.1. The van der Waals surface area contributed by atoms with Crippen LogP contribution in [0.25, 0.3) is 0 Å². The van der Waals surface area contributed by atoms with Gasteiger partial charge < -0.3 is 26.2 Å². The van der Waals surface area contributed by atoms with E-state index in [4.69, 9.17) is 10.5 Å². The van der Waals surface area contributed by atoms with Crippen molar-refractivity contribution >= 4 is 39.3 Å². The summed E-state index contributed by atoms with van der Waals surface area (Å²) in [7, 11) is -3.96. The molecule has 0 bridgehead atoms. The number of rotatable bonds is 13. The van der Waals surface area contributed by atoms with E-state index in [-0.39, 0.29) is 30.3 Å². The van der Waals surface area contributed by atoms with E-state index in [1.807, 2.05) is 0 Å². The maximum Gasteiger partial charge on any atom is 0.313 e. The Morgan fingerprint density at radius 3 is 2.25 bits per heavy atom. The highest BCUT2D eigenvalue weighted by molar-refractivity contribution is 7.88. The number of benzene rings is 2. The summed E-state index contributed by atoms with van der Waals surface area (Å²) in [6, 6.07) is 13.5. The Balaban J connectivity index is 1.86. The summed E-state index contributed by atoms with van der Waals surface area (Å²) in [6.07, 6.45) is -0.158. The molecule has 2 amide bonds. The van der Waals surface area contributed by atoms with Gasteiger partial charge in [0.1, 0.15) is 23.9 Å². The van der Waals surface area contributed by atoms with Crippen molar-refractivity contribution in [2.24, 2.45) is 10.7 Å². The van der Waals surface area contributed by atoms with Crippen LogP contribution in [0.1, 0.15) is 38.3 Å². The first-order chi connectivity index (χ1) is 18.7. The van der Waals surface area contributed by atoms with Crippen LogP contribution < -0.4 is 21.1 Å². The number of aliphatic imine (C=N–C) groups is 1. The fourth-order valence-corrected chi connectivity index (χ4v) is 4.56. The zero-order valence-corrected chi connectivity index (χ0v) is 23.5. The lowest BCUT2D eigenvalue weighted by atomic mass is 10.2. The molecule has 0 heterocycles. The molecule has 0 fully saturated rings. The Hall–Kier alpha value is -4.07. The van der Waals surface area contributed by atoms with Crippen LogP contribution in [0, 0.1) is 0 Å². The van der Waals surface area contributed by atoms with Crippen molar-refractivity contribution in [2.75, 3.05) is 6.61 Å². The zero-order valence-electron chi connectivity index (χ0n) is 22.6. The van der Waals surface area contributed by atoms with Gasteiger partial charge in [0.2, 0.25) is 15.9 Å². The van der Waals surface area contributed by atoms with Crippen LogP contribution in [-0.4, -0.2) is 55.4 Å². The molecule has 2 rings (SSSR count). The summed E-state index contributed by atoms with van der Waals surface area (Å²) in [5.74, 6) is -2.44. The lowest BCUT2D eigenvalue weighted by Gasteiger charge is -2.19. The Kier molecular flexibility index (Phi) is 11.5. The van der Waals surface area contributed by atoms with Crippen molar-refractivity contribution in [3.05, 3.63) is 78.0 Å². The SMILES string of the molecule is C=C(NC(=O)[C@@H](CO)NS(=O)(=O)Cc1ccccc1)C(=O)NCc1ccc(N=C(N)CC(=O)OC(C)(C)C)cc1. The fraction of sp³-hybridized carbons (Fsp3) is 0.333. The number of carbonyl (C=O) groups is 3. The van der Waals surface area contributed by atoms with Gasteiger partial charge in [-0.3, -0.25) is 14.4 Å². The number of amides is 2. The van der Waals surface area contributed by atoms with Gasteiger partial charge in [-0.05, 0) is 44.0 Å². The van der Waals surface area contributed by atoms with Crippen LogP contribution in [0.5, 0.6) is 0 Å². The number of amidine groups is 1. The lowest BCUT2D eigenvalue weighted by molar-refractivity contribution is -0.153. The number of nitrogens with zero attached hydrogens (tertiary/aromatic N) is 1. The highest BCUT2D eigenvalue weighted by atomic mass is 32.2. The van der Waals surface area contributed by atoms with Gasteiger partial charge in [-0.15, -0.1) is 0 Å². The van der Waals surface area contributed by atoms with Crippen LogP contribution in [0.3, 0.4) is 0 Å². The van der Waals surface area contributed by atoms with E-state index in [1.165, 1.54) is 0 Å². The second kappa shape index (κ2) is 14.4. The van der Waals surface area contributed by atoms with Gasteiger partial charge in [-0.1, -0.05) is 49.0 Å². The molecule has 0 saturated carbocycles. The molecule has 1 atom stereocenters. The number of aliphatic hydroxyl groups excluding tert-OH is 1. The molecular formula is C27H35N5O7S. The molecule has 12 nitrogen and oxygen atoms in total. The van der Waals surface area contributed by atoms with E-state index in [0.717, 1.165) is 0 Å². The second-order valence-electron chi connectivity index (χ2n) is 9.78. The molecule has 2 aromatic rings. The smallest absolute Gasteiger partial charge is 0.313 e. The van der Waals surface area contributed by atoms with E-state index in [2.05, 4.69) is 26.9 Å². The van der Waals surface area contributed by atoms with Crippen LogP contribution in [-0.2, 0) is 41.4 Å². The molecule has 13 heteroatoms. The maximum atomic E-state index is 12.5. The fourth-order valence-electron chi connectivity index (χ4n) is 3.23. The standard InChI is InChI=1S/C27H35N5O7S/c1-18(30-26(36)22(16-33)32-40(37,38)17-20-8-6-5-7-9-20)25(35)29-15-19-10-12-21(13-11-19)31-23(28)14-24(34)39-27(2,3)4/h5-13,22,32-33H,1,14-17H2,2-4H3,(H2,28,31)(H,29,35)(H,30,36)/t22-/m1/s1. The number of aliphatic hydroxyl groups is 1. The van der Waals surface area contributed by atoms with E-state index in [0.29, 0.717) is 16.8 Å². The summed E-state index contributed by atoms with van der Waals surface area (Å²) in [5, 5.41) is 14.3. The quantitative estimate of drug-likeness (QED) is 0.102. The predicted octanol–water partition coefficient (Wildman–Crippen LogP) is 1.13. The molecule has 216 valence electrons. The van der Waals surface area contributed by atoms with Gasteiger partial charge in [-0.2, -0.15) is 0 Å². The highest BCUT2D eigenvalue weighted by Crippen LogP contribution is 2.14. The summed E-state index contributed by atoms with van der Waals surface area (Å²) in [4.78, 5) is 40.9. The summed E-state index contributed by atoms with van der Waals surface area (Å²) >= 11 is 0. The third-order valence-electron chi connectivity index (χ3n) is 4.98. The zero-order chi connectivity index (χ0) is 29.9. The Bertz CT molecular complexity index is 1340. The van der Waals surface area contributed by atoms with Crippen molar-refractivity contribution in [1.82, 2.24) is 15.4 Å². The van der Waals surface area contributed by atoms with Gasteiger partial charge in [-0.25, -0.2) is 18.1 Å². The van der Waals surface area contributed by atoms with Crippen molar-refractivity contribution < 1.29 is 32.6 Å². The van der Waals surface area contributed by atoms with E-state index >= 15 is 0 Å². The van der Waals surface area contributed by atoms with Gasteiger partial charge in [0.15, 0.2) is 0 Å². The van der Waals surface area contributed by atoms with E-state index < -0.39 is 46.1 Å². The van der Waals surface area contributed by atoms with Crippen LogP contribution >= 0.6 is 0 Å². The normalized spacial score (nSPS) is 12.8. The lowest BCUT2D eigenvalue weighted by Crippen LogP contribution is -2.50. The molecule has 6 N–H and O–H groups in total. The third kappa shape index (κ3) is 11.8. The second-order valence-corrected chi connectivity index (χ2v) is 11.5.